The standard InChI is InChI=1S/C13H21NO3S2/c1-10-7-11(2)9-14(8-10)19(16,17)13-4-3-12(18-13)5-6-15/h3-4,10-11,15H,5-9H2,1-2H3. The summed E-state index contributed by atoms with van der Waals surface area (Å²) in [7, 11) is -3.36. The Labute approximate surface area is 119 Å². The third-order valence-electron chi connectivity index (χ3n) is 3.42. The number of aliphatic hydroxyl groups excluding tert-OH is 1. The van der Waals surface area contributed by atoms with E-state index >= 15 is 0 Å². The molecular weight excluding hydrogens is 282 g/mol. The van der Waals surface area contributed by atoms with Crippen molar-refractivity contribution in [1.82, 2.24) is 4.31 Å². The van der Waals surface area contributed by atoms with E-state index in [0.717, 1.165) is 11.3 Å². The molecule has 0 aliphatic carbocycles. The number of sulfonamides is 1. The van der Waals surface area contributed by atoms with Gasteiger partial charge in [-0.15, -0.1) is 11.3 Å². The number of nitrogens with zero attached hydrogens (tertiary/aromatic N) is 1. The molecule has 0 amide bonds. The first kappa shape index (κ1) is 15.0. The van der Waals surface area contributed by atoms with Crippen LogP contribution in [0.25, 0.3) is 0 Å². The highest BCUT2D eigenvalue weighted by Crippen LogP contribution is 2.30. The molecule has 1 saturated heterocycles. The Morgan fingerprint density at radius 2 is 1.95 bits per heavy atom. The highest BCUT2D eigenvalue weighted by molar-refractivity contribution is 7.91. The summed E-state index contributed by atoms with van der Waals surface area (Å²) >= 11 is 1.27. The average Bonchev–Trinajstić information content (AvgIpc) is 2.77. The van der Waals surface area contributed by atoms with Crippen molar-refractivity contribution in [3.63, 3.8) is 0 Å². The first-order chi connectivity index (χ1) is 8.93. The lowest BCUT2D eigenvalue weighted by Crippen LogP contribution is -2.42. The largest absolute Gasteiger partial charge is 0.396 e. The Morgan fingerprint density at radius 1 is 1.32 bits per heavy atom. The summed E-state index contributed by atoms with van der Waals surface area (Å²) in [5.74, 6) is 0.825. The quantitative estimate of drug-likeness (QED) is 0.925. The minimum atomic E-state index is -3.36. The molecule has 6 heteroatoms. The second kappa shape index (κ2) is 5.91. The molecule has 2 rings (SSSR count). The van der Waals surface area contributed by atoms with E-state index in [9.17, 15) is 8.42 Å². The number of thiophene rings is 1. The summed E-state index contributed by atoms with van der Waals surface area (Å²) in [6.07, 6.45) is 1.61. The van der Waals surface area contributed by atoms with Crippen LogP contribution in [0.5, 0.6) is 0 Å². The van der Waals surface area contributed by atoms with Gasteiger partial charge in [0.25, 0.3) is 10.0 Å². The molecule has 1 aliphatic rings. The van der Waals surface area contributed by atoms with Crippen molar-refractivity contribution in [2.75, 3.05) is 19.7 Å². The fourth-order valence-electron chi connectivity index (χ4n) is 2.67. The van der Waals surface area contributed by atoms with Gasteiger partial charge in [-0.1, -0.05) is 13.8 Å². The third-order valence-corrected chi connectivity index (χ3v) is 6.87. The number of hydrogen-bond donors (Lipinski definition) is 1. The number of rotatable bonds is 4. The average molecular weight is 303 g/mol. The van der Waals surface area contributed by atoms with Gasteiger partial charge in [0.1, 0.15) is 4.21 Å². The highest BCUT2D eigenvalue weighted by atomic mass is 32.2. The van der Waals surface area contributed by atoms with E-state index in [1.165, 1.54) is 11.3 Å². The zero-order chi connectivity index (χ0) is 14.0. The van der Waals surface area contributed by atoms with Crippen molar-refractivity contribution >= 4 is 21.4 Å². The van der Waals surface area contributed by atoms with Crippen molar-refractivity contribution in [1.29, 1.82) is 0 Å². The van der Waals surface area contributed by atoms with Crippen LogP contribution in [0.2, 0.25) is 0 Å². The lowest BCUT2D eigenvalue weighted by molar-refractivity contribution is 0.223. The number of aliphatic hydroxyl groups is 1. The van der Waals surface area contributed by atoms with Crippen molar-refractivity contribution < 1.29 is 13.5 Å². The summed E-state index contributed by atoms with van der Waals surface area (Å²) < 4.78 is 27.2. The Kier molecular flexibility index (Phi) is 4.66. The summed E-state index contributed by atoms with van der Waals surface area (Å²) in [5, 5.41) is 8.90. The molecule has 2 unspecified atom stereocenters. The van der Waals surface area contributed by atoms with E-state index in [1.54, 1.807) is 16.4 Å². The van der Waals surface area contributed by atoms with E-state index in [1.807, 2.05) is 0 Å². The molecule has 1 aromatic rings. The molecule has 0 bridgehead atoms. The minimum Gasteiger partial charge on any atom is -0.396 e. The second-order valence-corrected chi connectivity index (χ2v) is 8.80. The van der Waals surface area contributed by atoms with Crippen molar-refractivity contribution in [2.24, 2.45) is 11.8 Å². The van der Waals surface area contributed by atoms with Crippen molar-refractivity contribution in [3.8, 4) is 0 Å². The van der Waals surface area contributed by atoms with Gasteiger partial charge in [-0.3, -0.25) is 0 Å². The van der Waals surface area contributed by atoms with E-state index in [-0.39, 0.29) is 6.61 Å². The molecule has 4 nitrogen and oxygen atoms in total. The molecule has 108 valence electrons. The Morgan fingerprint density at radius 3 is 2.53 bits per heavy atom. The predicted octanol–water partition coefficient (Wildman–Crippen LogP) is 1.95. The Balaban J connectivity index is 2.20. The fraction of sp³-hybridized carbons (Fsp3) is 0.692. The van der Waals surface area contributed by atoms with Crippen LogP contribution in [-0.4, -0.2) is 37.5 Å². The highest BCUT2D eigenvalue weighted by Gasteiger charge is 2.32. The maximum atomic E-state index is 12.6. The number of hydrogen-bond acceptors (Lipinski definition) is 4. The summed E-state index contributed by atoms with van der Waals surface area (Å²) in [6.45, 7) is 5.48. The molecule has 1 fully saturated rings. The smallest absolute Gasteiger partial charge is 0.252 e. The van der Waals surface area contributed by atoms with Gasteiger partial charge in [-0.05, 0) is 30.4 Å². The van der Waals surface area contributed by atoms with Crippen LogP contribution < -0.4 is 0 Å². The summed E-state index contributed by atoms with van der Waals surface area (Å²) in [5.41, 5.74) is 0. The first-order valence-corrected chi connectivity index (χ1v) is 8.89. The fourth-order valence-corrected chi connectivity index (χ4v) is 5.85. The van der Waals surface area contributed by atoms with Crippen molar-refractivity contribution in [3.05, 3.63) is 17.0 Å². The SMILES string of the molecule is CC1CC(C)CN(S(=O)(=O)c2ccc(CCO)s2)C1. The molecule has 0 spiro atoms. The molecule has 1 N–H and O–H groups in total. The van der Waals surface area contributed by atoms with Crippen molar-refractivity contribution in [2.45, 2.75) is 30.9 Å². The molecular formula is C13H21NO3S2. The molecule has 1 aromatic heterocycles. The van der Waals surface area contributed by atoms with Gasteiger partial charge >= 0.3 is 0 Å². The van der Waals surface area contributed by atoms with Crippen LogP contribution in [0.15, 0.2) is 16.3 Å². The number of piperidine rings is 1. The maximum absolute atomic E-state index is 12.6. The van der Waals surface area contributed by atoms with E-state index < -0.39 is 10.0 Å². The zero-order valence-electron chi connectivity index (χ0n) is 11.4. The topological polar surface area (TPSA) is 57.6 Å². The molecule has 2 atom stereocenters. The third kappa shape index (κ3) is 3.37. The van der Waals surface area contributed by atoms with Crippen LogP contribution in [0.1, 0.15) is 25.1 Å². The molecule has 19 heavy (non-hydrogen) atoms. The van der Waals surface area contributed by atoms with E-state index in [0.29, 0.717) is 35.6 Å². The first-order valence-electron chi connectivity index (χ1n) is 6.63. The molecule has 2 heterocycles. The minimum absolute atomic E-state index is 0.0534. The second-order valence-electron chi connectivity index (χ2n) is 5.46. The van der Waals surface area contributed by atoms with Crippen LogP contribution >= 0.6 is 11.3 Å². The van der Waals surface area contributed by atoms with Crippen LogP contribution in [0.3, 0.4) is 0 Å². The Bertz CT molecular complexity index is 514. The van der Waals surface area contributed by atoms with Gasteiger partial charge in [0.05, 0.1) is 0 Å². The molecule has 0 aromatic carbocycles. The zero-order valence-corrected chi connectivity index (χ0v) is 13.0. The lowest BCUT2D eigenvalue weighted by Gasteiger charge is -2.33. The maximum Gasteiger partial charge on any atom is 0.252 e. The van der Waals surface area contributed by atoms with Gasteiger partial charge in [0, 0.05) is 31.0 Å². The van der Waals surface area contributed by atoms with Gasteiger partial charge in [0.2, 0.25) is 0 Å². The monoisotopic (exact) mass is 303 g/mol. The van der Waals surface area contributed by atoms with Gasteiger partial charge in [0.15, 0.2) is 0 Å². The molecule has 0 saturated carbocycles. The summed E-state index contributed by atoms with van der Waals surface area (Å²) in [6, 6.07) is 3.46. The normalized spacial score (nSPS) is 25.6. The van der Waals surface area contributed by atoms with Gasteiger partial charge in [-0.2, -0.15) is 4.31 Å². The summed E-state index contributed by atoms with van der Waals surface area (Å²) in [4.78, 5) is 0.916. The molecule has 0 radical (unpaired) electrons. The Hall–Kier alpha value is -0.430. The van der Waals surface area contributed by atoms with Crippen LogP contribution in [0, 0.1) is 11.8 Å². The predicted molar refractivity (Wildman–Crippen MR) is 76.8 cm³/mol. The van der Waals surface area contributed by atoms with E-state index in [2.05, 4.69) is 13.8 Å². The lowest BCUT2D eigenvalue weighted by atomic mass is 9.94. The van der Waals surface area contributed by atoms with Gasteiger partial charge < -0.3 is 5.11 Å². The van der Waals surface area contributed by atoms with Crippen LogP contribution in [-0.2, 0) is 16.4 Å². The molecule has 1 aliphatic heterocycles. The van der Waals surface area contributed by atoms with E-state index in [4.69, 9.17) is 5.11 Å². The van der Waals surface area contributed by atoms with Crippen LogP contribution in [0.4, 0.5) is 0 Å². The van der Waals surface area contributed by atoms with Gasteiger partial charge in [-0.25, -0.2) is 8.42 Å².